The molecule has 1 heterocycles. The quantitative estimate of drug-likeness (QED) is 0.924. The number of rotatable bonds is 4. The molecule has 2 nitrogen and oxygen atoms in total. The minimum atomic E-state index is -0.195. The summed E-state index contributed by atoms with van der Waals surface area (Å²) in [6, 6.07) is 15.1. The van der Waals surface area contributed by atoms with Crippen molar-refractivity contribution in [2.75, 3.05) is 13.2 Å². The van der Waals surface area contributed by atoms with E-state index >= 15 is 0 Å². The van der Waals surface area contributed by atoms with Gasteiger partial charge in [0, 0.05) is 12.0 Å². The van der Waals surface area contributed by atoms with Gasteiger partial charge < -0.3 is 10.1 Å². The first-order valence-corrected chi connectivity index (χ1v) is 7.47. The monoisotopic (exact) mass is 285 g/mol. The number of halogens is 1. The van der Waals surface area contributed by atoms with E-state index in [1.54, 1.807) is 0 Å². The zero-order valence-electron chi connectivity index (χ0n) is 12.2. The van der Waals surface area contributed by atoms with Crippen molar-refractivity contribution >= 4 is 0 Å². The molecule has 1 aliphatic rings. The van der Waals surface area contributed by atoms with Crippen molar-refractivity contribution in [2.45, 2.75) is 19.4 Å². The molecule has 2 unspecified atom stereocenters. The molecule has 2 atom stereocenters. The highest BCUT2D eigenvalue weighted by atomic mass is 19.1. The van der Waals surface area contributed by atoms with Crippen LogP contribution in [0.2, 0.25) is 0 Å². The Balaban J connectivity index is 1.83. The van der Waals surface area contributed by atoms with Crippen LogP contribution in [0.15, 0.2) is 48.5 Å². The molecule has 2 aromatic rings. The van der Waals surface area contributed by atoms with Crippen LogP contribution in [-0.2, 0) is 6.42 Å². The fourth-order valence-corrected chi connectivity index (χ4v) is 3.01. The van der Waals surface area contributed by atoms with Crippen LogP contribution in [0.5, 0.6) is 5.75 Å². The van der Waals surface area contributed by atoms with E-state index < -0.39 is 0 Å². The number of fused-ring (bicyclic) bond motifs is 1. The fourth-order valence-electron chi connectivity index (χ4n) is 3.01. The summed E-state index contributed by atoms with van der Waals surface area (Å²) in [5.41, 5.74) is 2.37. The van der Waals surface area contributed by atoms with Gasteiger partial charge in [0.2, 0.25) is 0 Å². The summed E-state index contributed by atoms with van der Waals surface area (Å²) in [5, 5.41) is 3.52. The highest BCUT2D eigenvalue weighted by Crippen LogP contribution is 2.33. The molecular formula is C18H20FNO. The zero-order valence-corrected chi connectivity index (χ0v) is 12.2. The summed E-state index contributed by atoms with van der Waals surface area (Å²) >= 11 is 0. The van der Waals surface area contributed by atoms with Gasteiger partial charge in [-0.2, -0.15) is 0 Å². The lowest BCUT2D eigenvalue weighted by molar-refractivity contribution is 0.185. The van der Waals surface area contributed by atoms with E-state index in [0.717, 1.165) is 24.3 Å². The van der Waals surface area contributed by atoms with Crippen LogP contribution in [0.4, 0.5) is 4.39 Å². The maximum Gasteiger partial charge on any atom is 0.123 e. The van der Waals surface area contributed by atoms with Crippen LogP contribution in [0.3, 0.4) is 0 Å². The first-order chi connectivity index (χ1) is 10.3. The summed E-state index contributed by atoms with van der Waals surface area (Å²) < 4.78 is 19.0. The van der Waals surface area contributed by atoms with Crippen LogP contribution >= 0.6 is 0 Å². The van der Waals surface area contributed by atoms with Crippen molar-refractivity contribution in [3.63, 3.8) is 0 Å². The van der Waals surface area contributed by atoms with Crippen molar-refractivity contribution in [1.82, 2.24) is 5.32 Å². The molecule has 0 bridgehead atoms. The molecule has 0 amide bonds. The Hall–Kier alpha value is -1.87. The standard InChI is InChI=1S/C18H20FNO/c1-2-20-18(13-7-9-16(19)10-8-13)15-11-14-5-3-4-6-17(14)21-12-15/h3-10,15,18,20H,2,11-12H2,1H3. The van der Waals surface area contributed by atoms with E-state index in [1.165, 1.54) is 17.7 Å². The minimum Gasteiger partial charge on any atom is -0.493 e. The first-order valence-electron chi connectivity index (χ1n) is 7.47. The Kier molecular flexibility index (Phi) is 4.20. The van der Waals surface area contributed by atoms with Crippen molar-refractivity contribution in [2.24, 2.45) is 5.92 Å². The number of nitrogens with one attached hydrogen (secondary N) is 1. The van der Waals surface area contributed by atoms with Crippen molar-refractivity contribution in [3.8, 4) is 5.75 Å². The topological polar surface area (TPSA) is 21.3 Å². The van der Waals surface area contributed by atoms with Crippen LogP contribution in [0, 0.1) is 11.7 Å². The molecule has 0 saturated carbocycles. The second-order valence-electron chi connectivity index (χ2n) is 5.47. The minimum absolute atomic E-state index is 0.184. The Morgan fingerprint density at radius 2 is 1.95 bits per heavy atom. The van der Waals surface area contributed by atoms with E-state index in [9.17, 15) is 4.39 Å². The SMILES string of the molecule is CCNC(c1ccc(F)cc1)C1COc2ccccc2C1. The van der Waals surface area contributed by atoms with Crippen molar-refractivity contribution in [1.29, 1.82) is 0 Å². The second kappa shape index (κ2) is 6.27. The average Bonchev–Trinajstić information content (AvgIpc) is 2.53. The third-order valence-electron chi connectivity index (χ3n) is 4.03. The molecule has 2 aromatic carbocycles. The number of ether oxygens (including phenoxy) is 1. The molecular weight excluding hydrogens is 265 g/mol. The molecule has 0 fully saturated rings. The summed E-state index contributed by atoms with van der Waals surface area (Å²) in [4.78, 5) is 0. The molecule has 110 valence electrons. The molecule has 0 saturated heterocycles. The maximum atomic E-state index is 13.1. The third kappa shape index (κ3) is 3.08. The summed E-state index contributed by atoms with van der Waals surface area (Å²) in [7, 11) is 0. The number of hydrogen-bond donors (Lipinski definition) is 1. The highest BCUT2D eigenvalue weighted by Gasteiger charge is 2.27. The van der Waals surface area contributed by atoms with Gasteiger partial charge in [0.15, 0.2) is 0 Å². The lowest BCUT2D eigenvalue weighted by Crippen LogP contribution is -2.35. The lowest BCUT2D eigenvalue weighted by atomic mass is 9.86. The molecule has 0 radical (unpaired) electrons. The predicted molar refractivity (Wildman–Crippen MR) is 81.9 cm³/mol. The summed E-state index contributed by atoms with van der Waals surface area (Å²) in [6.45, 7) is 3.65. The van der Waals surface area contributed by atoms with Crippen molar-refractivity contribution in [3.05, 3.63) is 65.5 Å². The van der Waals surface area contributed by atoms with E-state index in [2.05, 4.69) is 18.3 Å². The van der Waals surface area contributed by atoms with Gasteiger partial charge >= 0.3 is 0 Å². The number of hydrogen-bond acceptors (Lipinski definition) is 2. The smallest absolute Gasteiger partial charge is 0.123 e. The lowest BCUT2D eigenvalue weighted by Gasteiger charge is -2.32. The van der Waals surface area contributed by atoms with Gasteiger partial charge in [0.05, 0.1) is 6.61 Å². The van der Waals surface area contributed by atoms with Gasteiger partial charge in [0.25, 0.3) is 0 Å². The van der Waals surface area contributed by atoms with Crippen LogP contribution < -0.4 is 10.1 Å². The fraction of sp³-hybridized carbons (Fsp3) is 0.333. The molecule has 0 aliphatic carbocycles. The van der Waals surface area contributed by atoms with E-state index in [4.69, 9.17) is 4.74 Å². The van der Waals surface area contributed by atoms with Crippen LogP contribution in [0.1, 0.15) is 24.1 Å². The molecule has 1 aliphatic heterocycles. The number of benzene rings is 2. The maximum absolute atomic E-state index is 13.1. The largest absolute Gasteiger partial charge is 0.493 e. The Morgan fingerprint density at radius 1 is 1.19 bits per heavy atom. The van der Waals surface area contributed by atoms with E-state index in [0.29, 0.717) is 12.5 Å². The average molecular weight is 285 g/mol. The Bertz CT molecular complexity index is 596. The molecule has 0 spiro atoms. The molecule has 3 heteroatoms. The summed E-state index contributed by atoms with van der Waals surface area (Å²) in [5.74, 6) is 1.15. The van der Waals surface area contributed by atoms with Crippen LogP contribution in [-0.4, -0.2) is 13.2 Å². The zero-order chi connectivity index (χ0) is 14.7. The predicted octanol–water partition coefficient (Wildman–Crippen LogP) is 3.73. The summed E-state index contributed by atoms with van der Waals surface area (Å²) in [6.07, 6.45) is 0.977. The van der Waals surface area contributed by atoms with Gasteiger partial charge in [-0.3, -0.25) is 0 Å². The van der Waals surface area contributed by atoms with Gasteiger partial charge in [-0.05, 0) is 42.3 Å². The Morgan fingerprint density at radius 3 is 2.71 bits per heavy atom. The highest BCUT2D eigenvalue weighted by molar-refractivity contribution is 5.36. The second-order valence-corrected chi connectivity index (χ2v) is 5.47. The van der Waals surface area contributed by atoms with Gasteiger partial charge in [-0.1, -0.05) is 37.3 Å². The molecule has 1 N–H and O–H groups in total. The van der Waals surface area contributed by atoms with E-state index in [1.807, 2.05) is 30.3 Å². The normalized spacial score (nSPS) is 18.7. The van der Waals surface area contributed by atoms with Crippen LogP contribution in [0.25, 0.3) is 0 Å². The van der Waals surface area contributed by atoms with Gasteiger partial charge in [-0.25, -0.2) is 4.39 Å². The first kappa shape index (κ1) is 14.1. The Labute approximate surface area is 125 Å². The van der Waals surface area contributed by atoms with E-state index in [-0.39, 0.29) is 11.9 Å². The third-order valence-corrected chi connectivity index (χ3v) is 4.03. The van der Waals surface area contributed by atoms with Crippen molar-refractivity contribution < 1.29 is 9.13 Å². The number of para-hydroxylation sites is 1. The molecule has 0 aromatic heterocycles. The van der Waals surface area contributed by atoms with Gasteiger partial charge in [0.1, 0.15) is 11.6 Å². The molecule has 3 rings (SSSR count). The van der Waals surface area contributed by atoms with Gasteiger partial charge in [-0.15, -0.1) is 0 Å². The molecule has 21 heavy (non-hydrogen) atoms.